The Bertz CT molecular complexity index is 419. The third-order valence-electron chi connectivity index (χ3n) is 2.27. The molecule has 0 aromatic heterocycles. The lowest BCUT2D eigenvalue weighted by atomic mass is 10.2. The van der Waals surface area contributed by atoms with Gasteiger partial charge in [-0.3, -0.25) is 9.69 Å². The molecule has 0 aliphatic carbocycles. The molecular formula is C8H7N5O. The largest absolute Gasteiger partial charge is 0.313 e. The summed E-state index contributed by atoms with van der Waals surface area (Å²) in [6.45, 7) is 0.363. The molecule has 14 heavy (non-hydrogen) atoms. The zero-order valence-electron chi connectivity index (χ0n) is 7.21. The van der Waals surface area contributed by atoms with Crippen LogP contribution in [-0.2, 0) is 4.79 Å². The topological polar surface area (TPSA) is 69.4 Å². The van der Waals surface area contributed by atoms with Crippen molar-refractivity contribution in [1.82, 2.24) is 10.2 Å². The molecule has 70 valence electrons. The van der Waals surface area contributed by atoms with Gasteiger partial charge in [-0.2, -0.15) is 5.11 Å². The lowest BCUT2D eigenvalue weighted by Gasteiger charge is -2.32. The number of rotatable bonds is 0. The van der Waals surface area contributed by atoms with E-state index in [-0.39, 0.29) is 12.2 Å². The van der Waals surface area contributed by atoms with Crippen molar-refractivity contribution in [2.24, 2.45) is 15.2 Å². The number of allylic oxidation sites excluding steroid dienone is 1. The highest BCUT2D eigenvalue weighted by Gasteiger charge is 2.34. The van der Waals surface area contributed by atoms with Crippen LogP contribution in [0.15, 0.2) is 38.9 Å². The van der Waals surface area contributed by atoms with Crippen molar-refractivity contribution in [2.45, 2.75) is 6.29 Å². The number of amides is 1. The van der Waals surface area contributed by atoms with E-state index in [1.54, 1.807) is 17.2 Å². The number of nitrogens with zero attached hydrogens (tertiary/aromatic N) is 4. The van der Waals surface area contributed by atoms with Crippen LogP contribution in [0.2, 0.25) is 0 Å². The second-order valence-corrected chi connectivity index (χ2v) is 3.10. The Labute approximate surface area is 79.7 Å². The van der Waals surface area contributed by atoms with Crippen molar-refractivity contribution >= 4 is 12.1 Å². The molecule has 1 amide bonds. The highest BCUT2D eigenvalue weighted by atomic mass is 16.2. The molecule has 0 saturated heterocycles. The minimum absolute atomic E-state index is 0.126. The van der Waals surface area contributed by atoms with E-state index < -0.39 is 0 Å². The van der Waals surface area contributed by atoms with Gasteiger partial charge in [-0.25, -0.2) is 4.99 Å². The van der Waals surface area contributed by atoms with Crippen LogP contribution in [0.3, 0.4) is 0 Å². The fourth-order valence-corrected chi connectivity index (χ4v) is 1.60. The summed E-state index contributed by atoms with van der Waals surface area (Å²) < 4.78 is 0. The lowest BCUT2D eigenvalue weighted by molar-refractivity contribution is -0.119. The van der Waals surface area contributed by atoms with E-state index in [0.29, 0.717) is 17.9 Å². The molecule has 3 aliphatic rings. The van der Waals surface area contributed by atoms with Gasteiger partial charge in [0.1, 0.15) is 0 Å². The number of aliphatic imine (C=N–C) groups is 1. The van der Waals surface area contributed by atoms with Crippen molar-refractivity contribution in [1.29, 1.82) is 0 Å². The molecule has 0 spiro atoms. The van der Waals surface area contributed by atoms with Gasteiger partial charge in [0.05, 0.1) is 12.1 Å². The van der Waals surface area contributed by atoms with E-state index in [2.05, 4.69) is 20.5 Å². The van der Waals surface area contributed by atoms with Crippen LogP contribution in [0.5, 0.6) is 0 Å². The highest BCUT2D eigenvalue weighted by Crippen LogP contribution is 2.26. The molecule has 3 aliphatic heterocycles. The summed E-state index contributed by atoms with van der Waals surface area (Å²) in [5.74, 6) is 0.491. The maximum atomic E-state index is 11.5. The number of carbonyl (C=O) groups is 1. The first-order chi connectivity index (χ1) is 6.86. The zero-order valence-corrected chi connectivity index (χ0v) is 7.21. The highest BCUT2D eigenvalue weighted by molar-refractivity contribution is 5.96. The van der Waals surface area contributed by atoms with E-state index >= 15 is 0 Å². The second kappa shape index (κ2) is 2.50. The summed E-state index contributed by atoms with van der Waals surface area (Å²) in [6.07, 6.45) is 4.92. The van der Waals surface area contributed by atoms with Crippen LogP contribution in [0.4, 0.5) is 0 Å². The molecule has 0 aromatic rings. The van der Waals surface area contributed by atoms with E-state index in [0.717, 1.165) is 0 Å². The minimum Gasteiger partial charge on any atom is -0.313 e. The average molecular weight is 189 g/mol. The van der Waals surface area contributed by atoms with Crippen LogP contribution >= 0.6 is 0 Å². The van der Waals surface area contributed by atoms with Crippen molar-refractivity contribution in [2.75, 3.05) is 6.54 Å². The monoisotopic (exact) mass is 189 g/mol. The lowest BCUT2D eigenvalue weighted by Crippen LogP contribution is -2.50. The Balaban J connectivity index is 2.09. The van der Waals surface area contributed by atoms with Crippen molar-refractivity contribution in [3.05, 3.63) is 23.7 Å². The quantitative estimate of drug-likeness (QED) is 0.581. The third-order valence-corrected chi connectivity index (χ3v) is 2.27. The molecule has 6 heteroatoms. The van der Waals surface area contributed by atoms with Crippen molar-refractivity contribution in [3.63, 3.8) is 0 Å². The van der Waals surface area contributed by atoms with Gasteiger partial charge in [0.15, 0.2) is 5.82 Å². The van der Waals surface area contributed by atoms with Gasteiger partial charge in [0, 0.05) is 12.4 Å². The van der Waals surface area contributed by atoms with Gasteiger partial charge >= 0.3 is 0 Å². The first-order valence-corrected chi connectivity index (χ1v) is 4.26. The molecular weight excluding hydrogens is 182 g/mol. The fraction of sp³-hybridized carbons (Fsp3) is 0.250. The zero-order chi connectivity index (χ0) is 9.54. The van der Waals surface area contributed by atoms with Crippen LogP contribution in [0, 0.1) is 0 Å². The summed E-state index contributed by atoms with van der Waals surface area (Å²) in [7, 11) is 0. The third kappa shape index (κ3) is 0.847. The van der Waals surface area contributed by atoms with E-state index in [4.69, 9.17) is 0 Å². The predicted molar refractivity (Wildman–Crippen MR) is 48.2 cm³/mol. The standard InChI is InChI=1S/C8H7N5O/c14-7-5-4-10-12-6(5)13-3-1-2-9-8(13)11-7/h1-3,8H,4H2,(H,11,14). The van der Waals surface area contributed by atoms with E-state index in [9.17, 15) is 4.79 Å². The molecule has 0 radical (unpaired) electrons. The van der Waals surface area contributed by atoms with Crippen LogP contribution < -0.4 is 5.32 Å². The SMILES string of the molecule is O=C1NC2N=CC=CN2C2=C1CN=N2. The summed E-state index contributed by atoms with van der Waals surface area (Å²) in [4.78, 5) is 17.4. The first-order valence-electron chi connectivity index (χ1n) is 4.26. The molecule has 6 nitrogen and oxygen atoms in total. The van der Waals surface area contributed by atoms with Crippen LogP contribution in [0.1, 0.15) is 0 Å². The normalized spacial score (nSPS) is 27.9. The van der Waals surface area contributed by atoms with Crippen molar-refractivity contribution < 1.29 is 4.79 Å². The maximum absolute atomic E-state index is 11.5. The first kappa shape index (κ1) is 7.43. The number of nitrogens with one attached hydrogen (secondary N) is 1. The number of carbonyl (C=O) groups excluding carboxylic acids is 1. The van der Waals surface area contributed by atoms with E-state index in [1.807, 2.05) is 6.20 Å². The minimum atomic E-state index is -0.358. The van der Waals surface area contributed by atoms with Gasteiger partial charge in [-0.05, 0) is 6.08 Å². The number of hydrogen-bond donors (Lipinski definition) is 1. The molecule has 1 atom stereocenters. The Morgan fingerprint density at radius 3 is 3.43 bits per heavy atom. The Morgan fingerprint density at radius 2 is 2.50 bits per heavy atom. The molecule has 3 heterocycles. The fourth-order valence-electron chi connectivity index (χ4n) is 1.60. The number of hydrogen-bond acceptors (Lipinski definition) is 5. The molecule has 0 saturated carbocycles. The molecule has 1 unspecified atom stereocenters. The summed E-state index contributed by atoms with van der Waals surface area (Å²) in [5, 5.41) is 10.5. The smallest absolute Gasteiger partial charge is 0.256 e. The summed E-state index contributed by atoms with van der Waals surface area (Å²) >= 11 is 0. The van der Waals surface area contributed by atoms with Gasteiger partial charge in [-0.15, -0.1) is 5.11 Å². The van der Waals surface area contributed by atoms with Gasteiger partial charge in [0.2, 0.25) is 6.29 Å². The molecule has 1 N–H and O–H groups in total. The van der Waals surface area contributed by atoms with Crippen molar-refractivity contribution in [3.8, 4) is 0 Å². The Hall–Kier alpha value is -1.98. The van der Waals surface area contributed by atoms with E-state index in [1.165, 1.54) is 0 Å². The number of azo groups is 1. The second-order valence-electron chi connectivity index (χ2n) is 3.10. The van der Waals surface area contributed by atoms with Crippen LogP contribution in [-0.4, -0.2) is 29.9 Å². The Kier molecular flexibility index (Phi) is 1.33. The molecule has 3 rings (SSSR count). The predicted octanol–water partition coefficient (Wildman–Crippen LogP) is -0.0227. The summed E-state index contributed by atoms with van der Waals surface area (Å²) in [6, 6.07) is 0. The molecule has 0 fully saturated rings. The van der Waals surface area contributed by atoms with Gasteiger partial charge in [-0.1, -0.05) is 0 Å². The number of fused-ring (bicyclic) bond motifs is 2. The van der Waals surface area contributed by atoms with Gasteiger partial charge in [0.25, 0.3) is 5.91 Å². The molecule has 0 bridgehead atoms. The Morgan fingerprint density at radius 1 is 1.57 bits per heavy atom. The summed E-state index contributed by atoms with van der Waals surface area (Å²) in [5.41, 5.74) is 0.614. The maximum Gasteiger partial charge on any atom is 0.256 e. The van der Waals surface area contributed by atoms with Crippen LogP contribution in [0.25, 0.3) is 0 Å². The van der Waals surface area contributed by atoms with Gasteiger partial charge < -0.3 is 5.32 Å². The average Bonchev–Trinajstić information content (AvgIpc) is 2.67. The molecule has 0 aromatic carbocycles.